The third-order valence-corrected chi connectivity index (χ3v) is 3.58. The Morgan fingerprint density at radius 3 is 2.04 bits per heavy atom. The predicted octanol–water partition coefficient (Wildman–Crippen LogP) is 5.54. The Morgan fingerprint density at radius 2 is 1.54 bits per heavy atom. The average molecular weight is 435 g/mol. The highest BCUT2D eigenvalue weighted by Crippen LogP contribution is 2.36. The van der Waals surface area contributed by atoms with Crippen molar-refractivity contribution in [1.82, 2.24) is 9.97 Å². The molecule has 24 heavy (non-hydrogen) atoms. The largest absolute Gasteiger partial charge is 0.416 e. The summed E-state index contributed by atoms with van der Waals surface area (Å²) >= 11 is 8.68. The topological polar surface area (TPSA) is 37.8 Å². The van der Waals surface area contributed by atoms with Gasteiger partial charge in [-0.2, -0.15) is 31.3 Å². The van der Waals surface area contributed by atoms with Gasteiger partial charge < -0.3 is 5.32 Å². The minimum atomic E-state index is -4.89. The number of hydrogen-bond acceptors (Lipinski definition) is 3. The van der Waals surface area contributed by atoms with E-state index in [2.05, 4.69) is 31.2 Å². The van der Waals surface area contributed by atoms with Gasteiger partial charge in [-0.05, 0) is 51.3 Å². The highest BCUT2D eigenvalue weighted by atomic mass is 79.9. The summed E-state index contributed by atoms with van der Waals surface area (Å²) in [5.41, 5.74) is -2.97. The van der Waals surface area contributed by atoms with Crippen LogP contribution >= 0.6 is 27.5 Å². The van der Waals surface area contributed by atoms with Crippen LogP contribution in [0.3, 0.4) is 0 Å². The summed E-state index contributed by atoms with van der Waals surface area (Å²) in [6.45, 7) is -0.320. The SMILES string of the molecule is FC(F)(F)c1cc(CNc2nc(Cl)ncc2Br)cc(C(F)(F)F)c1. The molecule has 0 spiro atoms. The van der Waals surface area contributed by atoms with Gasteiger partial charge in [-0.25, -0.2) is 4.98 Å². The van der Waals surface area contributed by atoms with E-state index in [0.29, 0.717) is 16.6 Å². The van der Waals surface area contributed by atoms with Crippen LogP contribution in [0.1, 0.15) is 16.7 Å². The third-order valence-electron chi connectivity index (χ3n) is 2.82. The summed E-state index contributed by atoms with van der Waals surface area (Å²) in [6, 6.07) is 1.35. The molecule has 0 saturated carbocycles. The van der Waals surface area contributed by atoms with Crippen LogP contribution in [0.5, 0.6) is 0 Å². The second kappa shape index (κ2) is 6.75. The molecule has 0 aliphatic heterocycles. The number of alkyl halides is 6. The molecule has 0 radical (unpaired) electrons. The molecule has 0 amide bonds. The highest BCUT2D eigenvalue weighted by molar-refractivity contribution is 9.10. The summed E-state index contributed by atoms with van der Waals surface area (Å²) < 4.78 is 77.1. The number of halogens is 8. The van der Waals surface area contributed by atoms with Crippen LogP contribution in [-0.2, 0) is 18.9 Å². The Labute approximate surface area is 145 Å². The maximum atomic E-state index is 12.8. The summed E-state index contributed by atoms with van der Waals surface area (Å²) in [7, 11) is 0. The minimum Gasteiger partial charge on any atom is -0.365 e. The summed E-state index contributed by atoms with van der Waals surface area (Å²) in [4.78, 5) is 7.44. The van der Waals surface area contributed by atoms with Gasteiger partial charge in [-0.1, -0.05) is 0 Å². The van der Waals surface area contributed by atoms with Crippen LogP contribution in [0.4, 0.5) is 32.2 Å². The molecular weight excluding hydrogens is 428 g/mol. The monoisotopic (exact) mass is 433 g/mol. The maximum Gasteiger partial charge on any atom is 0.416 e. The Bertz CT molecular complexity index is 715. The van der Waals surface area contributed by atoms with Crippen molar-refractivity contribution >= 4 is 33.3 Å². The van der Waals surface area contributed by atoms with E-state index in [4.69, 9.17) is 11.6 Å². The molecule has 1 heterocycles. The maximum absolute atomic E-state index is 12.8. The first-order valence-electron chi connectivity index (χ1n) is 6.17. The van der Waals surface area contributed by atoms with Gasteiger partial charge in [0.05, 0.1) is 15.6 Å². The molecule has 1 aromatic carbocycles. The minimum absolute atomic E-state index is 0.0704. The zero-order chi connectivity index (χ0) is 18.1. The van der Waals surface area contributed by atoms with E-state index in [1.54, 1.807) is 0 Å². The first-order chi connectivity index (χ1) is 11.0. The molecule has 1 aromatic heterocycles. The number of benzene rings is 1. The van der Waals surface area contributed by atoms with E-state index < -0.39 is 23.5 Å². The molecule has 0 aliphatic rings. The lowest BCUT2D eigenvalue weighted by Gasteiger charge is -2.15. The first-order valence-corrected chi connectivity index (χ1v) is 7.34. The molecule has 0 bridgehead atoms. The molecule has 130 valence electrons. The van der Waals surface area contributed by atoms with Crippen molar-refractivity contribution < 1.29 is 26.3 Å². The van der Waals surface area contributed by atoms with Crippen molar-refractivity contribution in [2.24, 2.45) is 0 Å². The average Bonchev–Trinajstić information content (AvgIpc) is 2.46. The normalized spacial score (nSPS) is 12.3. The molecule has 0 atom stereocenters. The van der Waals surface area contributed by atoms with Crippen molar-refractivity contribution in [3.8, 4) is 0 Å². The molecule has 3 nitrogen and oxygen atoms in total. The lowest BCUT2D eigenvalue weighted by atomic mass is 10.0. The Morgan fingerprint density at radius 1 is 1.00 bits per heavy atom. The second-order valence-electron chi connectivity index (χ2n) is 4.60. The van der Waals surface area contributed by atoms with Crippen LogP contribution in [0.2, 0.25) is 5.28 Å². The van der Waals surface area contributed by atoms with E-state index in [1.165, 1.54) is 6.20 Å². The van der Waals surface area contributed by atoms with E-state index >= 15 is 0 Å². The van der Waals surface area contributed by atoms with Gasteiger partial charge in [0.2, 0.25) is 5.28 Å². The quantitative estimate of drug-likeness (QED) is 0.509. The number of hydrogen-bond donors (Lipinski definition) is 1. The molecular formula is C13H7BrClF6N3. The number of nitrogens with zero attached hydrogens (tertiary/aromatic N) is 2. The predicted molar refractivity (Wildman–Crippen MR) is 78.5 cm³/mol. The molecule has 1 N–H and O–H groups in total. The Balaban J connectivity index is 2.34. The fraction of sp³-hybridized carbons (Fsp3) is 0.231. The van der Waals surface area contributed by atoms with Gasteiger partial charge in [0.15, 0.2) is 0 Å². The molecule has 0 fully saturated rings. The molecule has 0 unspecified atom stereocenters. The number of anilines is 1. The van der Waals surface area contributed by atoms with E-state index in [9.17, 15) is 26.3 Å². The second-order valence-corrected chi connectivity index (χ2v) is 5.80. The zero-order valence-corrected chi connectivity index (χ0v) is 13.8. The first kappa shape index (κ1) is 18.8. The van der Waals surface area contributed by atoms with Gasteiger partial charge in [0.1, 0.15) is 5.82 Å². The molecule has 11 heteroatoms. The fourth-order valence-corrected chi connectivity index (χ4v) is 2.24. The van der Waals surface area contributed by atoms with Gasteiger partial charge in [-0.15, -0.1) is 0 Å². The number of aromatic nitrogens is 2. The van der Waals surface area contributed by atoms with Gasteiger partial charge >= 0.3 is 12.4 Å². The zero-order valence-electron chi connectivity index (χ0n) is 11.4. The Kier molecular flexibility index (Phi) is 5.28. The molecule has 2 rings (SSSR count). The fourth-order valence-electron chi connectivity index (χ4n) is 1.78. The molecule has 2 aromatic rings. The molecule has 0 saturated heterocycles. The lowest BCUT2D eigenvalue weighted by Crippen LogP contribution is -2.13. The van der Waals surface area contributed by atoms with Gasteiger partial charge in [-0.3, -0.25) is 0 Å². The summed E-state index contributed by atoms with van der Waals surface area (Å²) in [5.74, 6) is 0.140. The van der Waals surface area contributed by atoms with Crippen molar-refractivity contribution in [3.05, 3.63) is 50.8 Å². The van der Waals surface area contributed by atoms with E-state index in [1.807, 2.05) is 0 Å². The van der Waals surface area contributed by atoms with Crippen LogP contribution < -0.4 is 5.32 Å². The number of nitrogens with one attached hydrogen (secondary N) is 1. The van der Waals surface area contributed by atoms with Crippen molar-refractivity contribution in [2.45, 2.75) is 18.9 Å². The van der Waals surface area contributed by atoms with Gasteiger partial charge in [0.25, 0.3) is 0 Å². The highest BCUT2D eigenvalue weighted by Gasteiger charge is 2.36. The van der Waals surface area contributed by atoms with E-state index in [-0.39, 0.29) is 29.3 Å². The van der Waals surface area contributed by atoms with Crippen molar-refractivity contribution in [3.63, 3.8) is 0 Å². The van der Waals surface area contributed by atoms with Crippen LogP contribution in [0, 0.1) is 0 Å². The van der Waals surface area contributed by atoms with Crippen LogP contribution in [0.15, 0.2) is 28.9 Å². The van der Waals surface area contributed by atoms with Gasteiger partial charge in [0, 0.05) is 12.7 Å². The standard InChI is InChI=1S/C13H7BrClF6N3/c14-9-5-23-11(15)24-10(9)22-4-6-1-7(12(16,17)18)3-8(2-6)13(19,20)21/h1-3,5H,4H2,(H,22,23,24). The summed E-state index contributed by atoms with van der Waals surface area (Å²) in [6.07, 6.45) is -8.49. The number of rotatable bonds is 3. The Hall–Kier alpha value is -1.55. The summed E-state index contributed by atoms with van der Waals surface area (Å²) in [5, 5.41) is 2.49. The molecule has 0 aliphatic carbocycles. The van der Waals surface area contributed by atoms with Crippen molar-refractivity contribution in [2.75, 3.05) is 5.32 Å². The van der Waals surface area contributed by atoms with Crippen LogP contribution in [-0.4, -0.2) is 9.97 Å². The van der Waals surface area contributed by atoms with E-state index in [0.717, 1.165) is 0 Å². The van der Waals surface area contributed by atoms with Crippen molar-refractivity contribution in [1.29, 1.82) is 0 Å². The lowest BCUT2D eigenvalue weighted by molar-refractivity contribution is -0.143. The smallest absolute Gasteiger partial charge is 0.365 e. The van der Waals surface area contributed by atoms with Crippen LogP contribution in [0.25, 0.3) is 0 Å². The third kappa shape index (κ3) is 4.73.